The lowest BCUT2D eigenvalue weighted by Crippen LogP contribution is -2.65. The number of hydrogen-bond donors (Lipinski definition) is 0. The lowest BCUT2D eigenvalue weighted by molar-refractivity contribution is -0.150. The Morgan fingerprint density at radius 2 is 1.65 bits per heavy atom. The van der Waals surface area contributed by atoms with Crippen molar-refractivity contribution in [2.45, 2.75) is 32.4 Å². The highest BCUT2D eigenvalue weighted by Gasteiger charge is 2.43. The van der Waals surface area contributed by atoms with E-state index >= 15 is 0 Å². The van der Waals surface area contributed by atoms with Gasteiger partial charge < -0.3 is 9.80 Å². The predicted octanol–water partition coefficient (Wildman–Crippen LogP) is 0.489. The van der Waals surface area contributed by atoms with E-state index in [4.69, 9.17) is 0 Å². The van der Waals surface area contributed by atoms with Crippen molar-refractivity contribution in [2.24, 2.45) is 5.92 Å². The molecule has 0 aliphatic carbocycles. The first-order valence-corrected chi connectivity index (χ1v) is 6.49. The molecule has 1 amide bonds. The summed E-state index contributed by atoms with van der Waals surface area (Å²) in [6, 6.07) is 0.567. The second-order valence-electron chi connectivity index (χ2n) is 6.63. The Labute approximate surface area is 105 Å². The molecular formula is C13H25N3O. The van der Waals surface area contributed by atoms with Crippen LogP contribution in [0.3, 0.4) is 0 Å². The van der Waals surface area contributed by atoms with E-state index in [1.54, 1.807) is 0 Å². The quantitative estimate of drug-likeness (QED) is 0.702. The molecule has 4 nitrogen and oxygen atoms in total. The maximum Gasteiger partial charge on any atom is 0.228 e. The Hall–Kier alpha value is -0.610. The van der Waals surface area contributed by atoms with Crippen molar-refractivity contribution >= 4 is 5.91 Å². The van der Waals surface area contributed by atoms with Crippen molar-refractivity contribution in [1.29, 1.82) is 0 Å². The van der Waals surface area contributed by atoms with E-state index in [1.807, 2.05) is 4.90 Å². The number of amides is 1. The zero-order valence-corrected chi connectivity index (χ0v) is 11.7. The first kappa shape index (κ1) is 12.8. The van der Waals surface area contributed by atoms with Crippen molar-refractivity contribution in [3.05, 3.63) is 0 Å². The summed E-state index contributed by atoms with van der Waals surface area (Å²) in [5.41, 5.74) is 0.206. The van der Waals surface area contributed by atoms with Gasteiger partial charge in [0, 0.05) is 37.8 Å². The van der Waals surface area contributed by atoms with Gasteiger partial charge in [-0.3, -0.25) is 9.69 Å². The van der Waals surface area contributed by atoms with E-state index in [-0.39, 0.29) is 11.5 Å². The average molecular weight is 239 g/mol. The molecule has 0 N–H and O–H groups in total. The molecule has 0 bridgehead atoms. The molecule has 2 aliphatic heterocycles. The maximum atomic E-state index is 12.1. The minimum Gasteiger partial charge on any atom is -0.339 e. The summed E-state index contributed by atoms with van der Waals surface area (Å²) in [4.78, 5) is 18.7. The molecule has 4 heteroatoms. The molecular weight excluding hydrogens is 214 g/mol. The van der Waals surface area contributed by atoms with Crippen LogP contribution in [-0.2, 0) is 4.79 Å². The third-order valence-corrected chi connectivity index (χ3v) is 4.08. The Kier molecular flexibility index (Phi) is 3.21. The Balaban J connectivity index is 1.74. The second-order valence-corrected chi connectivity index (χ2v) is 6.63. The third kappa shape index (κ3) is 2.47. The number of hydrogen-bond acceptors (Lipinski definition) is 3. The summed E-state index contributed by atoms with van der Waals surface area (Å²) in [7, 11) is 4.16. The third-order valence-electron chi connectivity index (χ3n) is 4.08. The molecule has 2 saturated heterocycles. The number of nitrogens with zero attached hydrogens (tertiary/aromatic N) is 3. The topological polar surface area (TPSA) is 26.8 Å². The lowest BCUT2D eigenvalue weighted by Gasteiger charge is -2.51. The highest BCUT2D eigenvalue weighted by Crippen LogP contribution is 2.28. The van der Waals surface area contributed by atoms with Crippen molar-refractivity contribution in [1.82, 2.24) is 14.7 Å². The van der Waals surface area contributed by atoms with Crippen LogP contribution in [0, 0.1) is 5.92 Å². The van der Waals surface area contributed by atoms with Crippen molar-refractivity contribution in [3.8, 4) is 0 Å². The fourth-order valence-corrected chi connectivity index (χ4v) is 2.40. The zero-order chi connectivity index (χ0) is 12.8. The van der Waals surface area contributed by atoms with Crippen LogP contribution < -0.4 is 0 Å². The number of carbonyl (C=O) groups is 1. The van der Waals surface area contributed by atoms with Crippen LogP contribution >= 0.6 is 0 Å². The largest absolute Gasteiger partial charge is 0.339 e. The van der Waals surface area contributed by atoms with E-state index in [9.17, 15) is 4.79 Å². The van der Waals surface area contributed by atoms with Crippen LogP contribution in [0.1, 0.15) is 20.8 Å². The molecule has 98 valence electrons. The highest BCUT2D eigenvalue weighted by molar-refractivity contribution is 5.81. The minimum absolute atomic E-state index is 0.206. The Morgan fingerprint density at radius 1 is 1.12 bits per heavy atom. The molecule has 0 atom stereocenters. The van der Waals surface area contributed by atoms with Crippen LogP contribution in [0.5, 0.6) is 0 Å². The van der Waals surface area contributed by atoms with Crippen LogP contribution in [0.4, 0.5) is 0 Å². The van der Waals surface area contributed by atoms with Gasteiger partial charge in [-0.1, -0.05) is 0 Å². The summed E-state index contributed by atoms with van der Waals surface area (Å²) in [6.07, 6.45) is 0. The fourth-order valence-electron chi connectivity index (χ4n) is 2.40. The molecule has 17 heavy (non-hydrogen) atoms. The molecule has 2 aliphatic rings. The van der Waals surface area contributed by atoms with E-state index < -0.39 is 0 Å². The summed E-state index contributed by atoms with van der Waals surface area (Å²) in [5, 5.41) is 0. The summed E-state index contributed by atoms with van der Waals surface area (Å²) in [6.45, 7) is 10.3. The minimum atomic E-state index is 0.206. The zero-order valence-electron chi connectivity index (χ0n) is 11.7. The van der Waals surface area contributed by atoms with E-state index in [0.29, 0.717) is 11.9 Å². The molecule has 2 rings (SSSR count). The monoisotopic (exact) mass is 239 g/mol. The molecule has 0 unspecified atom stereocenters. The molecule has 0 radical (unpaired) electrons. The van der Waals surface area contributed by atoms with E-state index in [2.05, 4.69) is 44.7 Å². The van der Waals surface area contributed by atoms with E-state index in [1.165, 1.54) is 0 Å². The first-order chi connectivity index (χ1) is 7.79. The van der Waals surface area contributed by atoms with Gasteiger partial charge in [0.25, 0.3) is 0 Å². The molecule has 0 spiro atoms. The average Bonchev–Trinajstić information content (AvgIpc) is 1.92. The van der Waals surface area contributed by atoms with Gasteiger partial charge in [0.05, 0.1) is 5.92 Å². The number of likely N-dealkylation sites (tertiary alicyclic amines) is 2. The van der Waals surface area contributed by atoms with Crippen LogP contribution in [0.15, 0.2) is 0 Å². The molecule has 2 heterocycles. The van der Waals surface area contributed by atoms with Gasteiger partial charge in [-0.15, -0.1) is 0 Å². The molecule has 0 saturated carbocycles. The molecule has 0 aromatic heterocycles. The summed E-state index contributed by atoms with van der Waals surface area (Å²) < 4.78 is 0. The van der Waals surface area contributed by atoms with Gasteiger partial charge in [0.15, 0.2) is 0 Å². The molecule has 0 aromatic carbocycles. The van der Waals surface area contributed by atoms with Gasteiger partial charge >= 0.3 is 0 Å². The predicted molar refractivity (Wildman–Crippen MR) is 68.9 cm³/mol. The number of likely N-dealkylation sites (N-methyl/N-ethyl adjacent to an activating group) is 1. The van der Waals surface area contributed by atoms with Gasteiger partial charge in [0.1, 0.15) is 0 Å². The lowest BCUT2D eigenvalue weighted by atomic mass is 9.90. The van der Waals surface area contributed by atoms with Crippen molar-refractivity contribution in [2.75, 3.05) is 40.3 Å². The SMILES string of the molecule is CN(C)C1CN(C(=O)C2CN(C(C)(C)C)C2)C1. The summed E-state index contributed by atoms with van der Waals surface area (Å²) in [5.74, 6) is 0.612. The van der Waals surface area contributed by atoms with Crippen molar-refractivity contribution in [3.63, 3.8) is 0 Å². The van der Waals surface area contributed by atoms with Crippen LogP contribution in [0.25, 0.3) is 0 Å². The standard InChI is InChI=1S/C13H25N3O/c1-13(2,3)16-6-10(7-16)12(17)15-8-11(9-15)14(4)5/h10-11H,6-9H2,1-5H3. The van der Waals surface area contributed by atoms with Crippen LogP contribution in [-0.4, -0.2) is 72.5 Å². The first-order valence-electron chi connectivity index (χ1n) is 6.49. The number of rotatable bonds is 2. The Morgan fingerprint density at radius 3 is 2.06 bits per heavy atom. The molecule has 0 aromatic rings. The van der Waals surface area contributed by atoms with Crippen molar-refractivity contribution < 1.29 is 4.79 Å². The smallest absolute Gasteiger partial charge is 0.228 e. The number of carbonyl (C=O) groups excluding carboxylic acids is 1. The van der Waals surface area contributed by atoms with Gasteiger partial charge in [0.2, 0.25) is 5.91 Å². The second kappa shape index (κ2) is 4.25. The Bertz CT molecular complexity index is 296. The van der Waals surface area contributed by atoms with Gasteiger partial charge in [-0.2, -0.15) is 0 Å². The summed E-state index contributed by atoms with van der Waals surface area (Å²) >= 11 is 0. The van der Waals surface area contributed by atoms with Gasteiger partial charge in [-0.05, 0) is 34.9 Å². The van der Waals surface area contributed by atoms with Crippen LogP contribution in [0.2, 0.25) is 0 Å². The highest BCUT2D eigenvalue weighted by atomic mass is 16.2. The maximum absolute atomic E-state index is 12.1. The molecule has 2 fully saturated rings. The van der Waals surface area contributed by atoms with E-state index in [0.717, 1.165) is 26.2 Å². The fraction of sp³-hybridized carbons (Fsp3) is 0.923. The normalized spacial score (nSPS) is 23.8. The van der Waals surface area contributed by atoms with Gasteiger partial charge in [-0.25, -0.2) is 0 Å².